The molecule has 0 fully saturated rings. The van der Waals surface area contributed by atoms with E-state index in [9.17, 15) is 14.9 Å². The van der Waals surface area contributed by atoms with Crippen LogP contribution < -0.4 is 14.8 Å². The van der Waals surface area contributed by atoms with Gasteiger partial charge in [-0.3, -0.25) is 14.9 Å². The van der Waals surface area contributed by atoms with Crippen LogP contribution >= 0.6 is 22.9 Å². The molecule has 1 amide bonds. The maximum absolute atomic E-state index is 12.5. The van der Waals surface area contributed by atoms with Crippen molar-refractivity contribution in [3.63, 3.8) is 0 Å². The van der Waals surface area contributed by atoms with Crippen molar-refractivity contribution in [2.24, 2.45) is 0 Å². The monoisotopic (exact) mass is 400 g/mol. The number of thiophene rings is 1. The average molecular weight is 401 g/mol. The fourth-order valence-electron chi connectivity index (χ4n) is 2.28. The van der Waals surface area contributed by atoms with Crippen LogP contribution in [0.5, 0.6) is 11.5 Å². The lowest BCUT2D eigenvalue weighted by Gasteiger charge is -2.15. The van der Waals surface area contributed by atoms with Gasteiger partial charge in [0.25, 0.3) is 11.6 Å². The van der Waals surface area contributed by atoms with Crippen LogP contribution in [0.15, 0.2) is 24.3 Å². The molecule has 0 radical (unpaired) electrons. The van der Waals surface area contributed by atoms with Gasteiger partial charge in [0.05, 0.1) is 29.5 Å². The van der Waals surface area contributed by atoms with Gasteiger partial charge >= 0.3 is 0 Å². The Bertz CT molecular complexity index is 810. The summed E-state index contributed by atoms with van der Waals surface area (Å²) in [6.45, 7) is 0.123. The zero-order valence-electron chi connectivity index (χ0n) is 14.3. The number of nitro benzene ring substituents is 1. The van der Waals surface area contributed by atoms with E-state index in [0.29, 0.717) is 4.34 Å². The Labute approximate surface area is 158 Å². The lowest BCUT2D eigenvalue weighted by atomic mass is 10.1. The lowest BCUT2D eigenvalue weighted by molar-refractivity contribution is -0.385. The number of nitrogens with one attached hydrogen (secondary N) is 1. The molecular formula is C16H17ClN2O6S. The number of rotatable bonds is 8. The van der Waals surface area contributed by atoms with Crippen LogP contribution in [0.2, 0.25) is 4.34 Å². The first kappa shape index (κ1) is 20.0. The number of nitrogens with zero attached hydrogens (tertiary/aromatic N) is 1. The van der Waals surface area contributed by atoms with Crippen LogP contribution in [0, 0.1) is 10.1 Å². The van der Waals surface area contributed by atoms with Crippen molar-refractivity contribution in [1.82, 2.24) is 5.32 Å². The van der Waals surface area contributed by atoms with Crippen LogP contribution in [0.1, 0.15) is 21.3 Å². The quantitative estimate of drug-likeness (QED) is 0.538. The summed E-state index contributed by atoms with van der Waals surface area (Å²) in [7, 11) is 4.24. The van der Waals surface area contributed by atoms with Crippen molar-refractivity contribution in [3.05, 3.63) is 49.2 Å². The molecule has 1 unspecified atom stereocenters. The van der Waals surface area contributed by atoms with Gasteiger partial charge in [0.15, 0.2) is 11.5 Å². The number of carbonyl (C=O) groups is 1. The maximum Gasteiger partial charge on any atom is 0.286 e. The largest absolute Gasteiger partial charge is 0.493 e. The maximum atomic E-state index is 12.5. The highest BCUT2D eigenvalue weighted by Gasteiger charge is 2.25. The SMILES string of the molecule is COc1cc(C(=O)NCC(OC)c2ccc(Cl)s2)c([N+](=O)[O-])cc1OC. The minimum absolute atomic E-state index is 0.123. The average Bonchev–Trinajstić information content (AvgIpc) is 3.06. The van der Waals surface area contributed by atoms with Crippen LogP contribution in [0.4, 0.5) is 5.69 Å². The van der Waals surface area contributed by atoms with E-state index in [0.717, 1.165) is 10.9 Å². The minimum Gasteiger partial charge on any atom is -0.493 e. The molecule has 0 saturated carbocycles. The number of hydrogen-bond acceptors (Lipinski definition) is 7. The zero-order valence-corrected chi connectivity index (χ0v) is 15.8. The van der Waals surface area contributed by atoms with E-state index in [2.05, 4.69) is 5.32 Å². The second-order valence-corrected chi connectivity index (χ2v) is 6.80. The fourth-order valence-corrected chi connectivity index (χ4v) is 3.42. The van der Waals surface area contributed by atoms with E-state index in [1.54, 1.807) is 12.1 Å². The van der Waals surface area contributed by atoms with Crippen LogP contribution in [0.3, 0.4) is 0 Å². The van der Waals surface area contributed by atoms with Gasteiger partial charge in [0.1, 0.15) is 11.7 Å². The molecule has 1 N–H and O–H groups in total. The van der Waals surface area contributed by atoms with Gasteiger partial charge < -0.3 is 19.5 Å². The Hall–Kier alpha value is -2.36. The van der Waals surface area contributed by atoms with Crippen molar-refractivity contribution in [3.8, 4) is 11.5 Å². The lowest BCUT2D eigenvalue weighted by Crippen LogP contribution is -2.29. The molecule has 1 heterocycles. The number of amides is 1. The molecule has 10 heteroatoms. The molecule has 0 aliphatic carbocycles. The van der Waals surface area contributed by atoms with Gasteiger partial charge in [-0.1, -0.05) is 11.6 Å². The minimum atomic E-state index is -0.649. The number of ether oxygens (including phenoxy) is 3. The predicted molar refractivity (Wildman–Crippen MR) is 97.6 cm³/mol. The number of halogens is 1. The molecular weight excluding hydrogens is 384 g/mol. The summed E-state index contributed by atoms with van der Waals surface area (Å²) in [5, 5.41) is 13.9. The molecule has 1 aromatic carbocycles. The Kier molecular flexibility index (Phi) is 6.78. The van der Waals surface area contributed by atoms with Gasteiger partial charge in [-0.05, 0) is 12.1 Å². The highest BCUT2D eigenvalue weighted by Crippen LogP contribution is 2.34. The zero-order chi connectivity index (χ0) is 19.3. The molecule has 0 aliphatic rings. The van der Waals surface area contributed by atoms with E-state index in [-0.39, 0.29) is 29.3 Å². The van der Waals surface area contributed by atoms with Gasteiger partial charge in [0.2, 0.25) is 0 Å². The van der Waals surface area contributed by atoms with E-state index >= 15 is 0 Å². The smallest absolute Gasteiger partial charge is 0.286 e. The molecule has 26 heavy (non-hydrogen) atoms. The molecule has 0 bridgehead atoms. The molecule has 0 spiro atoms. The Morgan fingerprint density at radius 2 is 1.92 bits per heavy atom. The van der Waals surface area contributed by atoms with E-state index in [1.807, 2.05) is 0 Å². The second-order valence-electron chi connectivity index (χ2n) is 5.06. The van der Waals surface area contributed by atoms with Crippen LogP contribution in [0.25, 0.3) is 0 Å². The summed E-state index contributed by atoms with van der Waals surface area (Å²) >= 11 is 7.24. The fraction of sp³-hybridized carbons (Fsp3) is 0.312. The van der Waals surface area contributed by atoms with Crippen molar-refractivity contribution in [2.45, 2.75) is 6.10 Å². The number of benzene rings is 1. The first-order valence-electron chi connectivity index (χ1n) is 7.37. The Morgan fingerprint density at radius 1 is 1.27 bits per heavy atom. The van der Waals surface area contributed by atoms with Crippen molar-refractivity contribution < 1.29 is 23.9 Å². The summed E-state index contributed by atoms with van der Waals surface area (Å²) < 4.78 is 16.1. The number of nitro groups is 1. The van der Waals surface area contributed by atoms with Gasteiger partial charge in [-0.25, -0.2) is 0 Å². The molecule has 2 rings (SSSR count). The molecule has 0 aliphatic heterocycles. The summed E-state index contributed by atoms with van der Waals surface area (Å²) in [5.74, 6) is -0.238. The van der Waals surface area contributed by atoms with Gasteiger partial charge in [-0.15, -0.1) is 11.3 Å². The van der Waals surface area contributed by atoms with E-state index in [4.69, 9.17) is 25.8 Å². The van der Waals surface area contributed by atoms with Crippen LogP contribution in [-0.4, -0.2) is 38.7 Å². The Balaban J connectivity index is 2.23. The first-order valence-corrected chi connectivity index (χ1v) is 8.57. The molecule has 1 aromatic heterocycles. The van der Waals surface area contributed by atoms with Crippen LogP contribution in [-0.2, 0) is 4.74 Å². The van der Waals surface area contributed by atoms with Crippen molar-refractivity contribution in [2.75, 3.05) is 27.9 Å². The topological polar surface area (TPSA) is 99.9 Å². The summed E-state index contributed by atoms with van der Waals surface area (Å²) in [5.41, 5.74) is -0.514. The third kappa shape index (κ3) is 4.43. The molecule has 140 valence electrons. The second kappa shape index (κ2) is 8.84. The van der Waals surface area contributed by atoms with Crippen molar-refractivity contribution >= 4 is 34.5 Å². The molecule has 8 nitrogen and oxygen atoms in total. The molecule has 0 saturated heterocycles. The highest BCUT2D eigenvalue weighted by molar-refractivity contribution is 7.16. The number of methoxy groups -OCH3 is 3. The Morgan fingerprint density at radius 3 is 2.42 bits per heavy atom. The summed E-state index contributed by atoms with van der Waals surface area (Å²) in [6, 6.07) is 5.96. The van der Waals surface area contributed by atoms with E-state index < -0.39 is 16.9 Å². The third-order valence-corrected chi connectivity index (χ3v) is 4.91. The summed E-state index contributed by atoms with van der Waals surface area (Å²) in [4.78, 5) is 24.0. The highest BCUT2D eigenvalue weighted by atomic mass is 35.5. The van der Waals surface area contributed by atoms with Gasteiger partial charge in [-0.2, -0.15) is 0 Å². The number of carbonyl (C=O) groups excluding carboxylic acids is 1. The van der Waals surface area contributed by atoms with Crippen molar-refractivity contribution in [1.29, 1.82) is 0 Å². The molecule has 1 atom stereocenters. The normalized spacial score (nSPS) is 11.7. The van der Waals surface area contributed by atoms with E-state index in [1.165, 1.54) is 38.7 Å². The standard InChI is InChI=1S/C16H17ClN2O6S/c1-23-11-6-9(10(19(21)22)7-12(11)24-2)16(20)18-8-13(25-3)14-4-5-15(17)26-14/h4-7,13H,8H2,1-3H3,(H,18,20). The summed E-state index contributed by atoms with van der Waals surface area (Å²) in [6.07, 6.45) is -0.421. The number of hydrogen-bond donors (Lipinski definition) is 1. The van der Waals surface area contributed by atoms with Gasteiger partial charge in [0, 0.05) is 24.6 Å². The predicted octanol–water partition coefficient (Wildman–Crippen LogP) is 3.44. The first-order chi connectivity index (χ1) is 12.4. The molecule has 2 aromatic rings. The third-order valence-electron chi connectivity index (χ3n) is 3.59.